The fourth-order valence-electron chi connectivity index (χ4n) is 0.962. The molecule has 13 heavy (non-hydrogen) atoms. The Morgan fingerprint density at radius 3 is 2.46 bits per heavy atom. The summed E-state index contributed by atoms with van der Waals surface area (Å²) in [6.45, 7) is 0. The van der Waals surface area contributed by atoms with Crippen LogP contribution in [0.15, 0.2) is 31.1 Å². The van der Waals surface area contributed by atoms with Crippen molar-refractivity contribution < 1.29 is 0 Å². The fraction of sp³-hybridized carbons (Fsp3) is 0. The summed E-state index contributed by atoms with van der Waals surface area (Å²) >= 11 is 4.94. The first-order valence-corrected chi connectivity index (χ1v) is 4.07. The van der Waals surface area contributed by atoms with E-state index in [2.05, 4.69) is 19.9 Å². The molecule has 0 amide bonds. The number of hydrogen-bond donors (Lipinski definition) is 1. The molecule has 0 bridgehead atoms. The number of H-pyrrole nitrogens is 1. The second-order valence-electron chi connectivity index (χ2n) is 2.44. The van der Waals surface area contributed by atoms with Crippen LogP contribution in [0.25, 0.3) is 11.3 Å². The SMILES string of the molecule is S=c1cncc(-c2cncnc2)[nH]1. The van der Waals surface area contributed by atoms with Gasteiger partial charge in [0.2, 0.25) is 0 Å². The molecule has 5 heteroatoms. The Balaban J connectivity index is 2.54. The quantitative estimate of drug-likeness (QED) is 0.694. The first-order chi connectivity index (χ1) is 6.36. The smallest absolute Gasteiger partial charge is 0.122 e. The van der Waals surface area contributed by atoms with Crippen molar-refractivity contribution in [2.75, 3.05) is 0 Å². The Bertz CT molecular complexity index is 451. The van der Waals surface area contributed by atoms with Crippen LogP contribution in [0.5, 0.6) is 0 Å². The number of aromatic nitrogens is 4. The Morgan fingerprint density at radius 1 is 1.00 bits per heavy atom. The van der Waals surface area contributed by atoms with E-state index >= 15 is 0 Å². The van der Waals surface area contributed by atoms with Gasteiger partial charge in [0.1, 0.15) is 11.0 Å². The maximum Gasteiger partial charge on any atom is 0.122 e. The van der Waals surface area contributed by atoms with Crippen LogP contribution in [-0.4, -0.2) is 19.9 Å². The molecule has 0 aliphatic heterocycles. The third-order valence-electron chi connectivity index (χ3n) is 1.52. The molecule has 2 rings (SSSR count). The van der Waals surface area contributed by atoms with Gasteiger partial charge in [-0.2, -0.15) is 0 Å². The summed E-state index contributed by atoms with van der Waals surface area (Å²) < 4.78 is 0.598. The van der Waals surface area contributed by atoms with E-state index in [9.17, 15) is 0 Å². The van der Waals surface area contributed by atoms with Crippen LogP contribution < -0.4 is 0 Å². The van der Waals surface area contributed by atoms with Crippen LogP contribution in [-0.2, 0) is 0 Å². The number of nitrogens with zero attached hydrogens (tertiary/aromatic N) is 3. The molecule has 0 aromatic carbocycles. The number of nitrogens with one attached hydrogen (secondary N) is 1. The van der Waals surface area contributed by atoms with Gasteiger partial charge in [-0.15, -0.1) is 0 Å². The van der Waals surface area contributed by atoms with Crippen molar-refractivity contribution in [3.05, 3.63) is 35.8 Å². The first-order valence-electron chi connectivity index (χ1n) is 3.66. The first kappa shape index (κ1) is 8.00. The molecule has 0 aliphatic rings. The van der Waals surface area contributed by atoms with Crippen LogP contribution in [0.3, 0.4) is 0 Å². The van der Waals surface area contributed by atoms with Crippen LogP contribution in [0.2, 0.25) is 0 Å². The minimum absolute atomic E-state index is 0.598. The molecule has 0 aliphatic carbocycles. The fourth-order valence-corrected chi connectivity index (χ4v) is 1.13. The van der Waals surface area contributed by atoms with Gasteiger partial charge in [-0.1, -0.05) is 12.2 Å². The zero-order valence-electron chi connectivity index (χ0n) is 6.64. The Morgan fingerprint density at radius 2 is 1.77 bits per heavy atom. The van der Waals surface area contributed by atoms with E-state index in [4.69, 9.17) is 12.2 Å². The summed E-state index contributed by atoms with van der Waals surface area (Å²) in [5.74, 6) is 0. The van der Waals surface area contributed by atoms with Crippen molar-refractivity contribution in [2.24, 2.45) is 0 Å². The van der Waals surface area contributed by atoms with Crippen molar-refractivity contribution in [1.29, 1.82) is 0 Å². The number of aromatic amines is 1. The third-order valence-corrected chi connectivity index (χ3v) is 1.73. The highest BCUT2D eigenvalue weighted by atomic mass is 32.1. The lowest BCUT2D eigenvalue weighted by Crippen LogP contribution is -1.87. The molecule has 1 N–H and O–H groups in total. The lowest BCUT2D eigenvalue weighted by Gasteiger charge is -1.97. The highest BCUT2D eigenvalue weighted by Crippen LogP contribution is 2.11. The third kappa shape index (κ3) is 1.75. The van der Waals surface area contributed by atoms with Gasteiger partial charge in [0.25, 0.3) is 0 Å². The van der Waals surface area contributed by atoms with Crippen molar-refractivity contribution in [2.45, 2.75) is 0 Å². The summed E-state index contributed by atoms with van der Waals surface area (Å²) in [7, 11) is 0. The molecule has 0 spiro atoms. The topological polar surface area (TPSA) is 54.5 Å². The molecule has 2 aromatic heterocycles. The molecular weight excluding hydrogens is 184 g/mol. The summed E-state index contributed by atoms with van der Waals surface area (Å²) in [4.78, 5) is 14.8. The average Bonchev–Trinajstić information content (AvgIpc) is 2.19. The van der Waals surface area contributed by atoms with E-state index in [0.29, 0.717) is 4.64 Å². The minimum atomic E-state index is 0.598. The molecule has 0 fully saturated rings. The van der Waals surface area contributed by atoms with Crippen LogP contribution in [0.1, 0.15) is 0 Å². The summed E-state index contributed by atoms with van der Waals surface area (Å²) in [5.41, 5.74) is 1.70. The molecule has 0 saturated heterocycles. The van der Waals surface area contributed by atoms with Crippen molar-refractivity contribution in [3.63, 3.8) is 0 Å². The van der Waals surface area contributed by atoms with E-state index in [0.717, 1.165) is 11.3 Å². The zero-order valence-corrected chi connectivity index (χ0v) is 7.45. The van der Waals surface area contributed by atoms with E-state index < -0.39 is 0 Å². The predicted molar refractivity (Wildman–Crippen MR) is 50.4 cm³/mol. The lowest BCUT2D eigenvalue weighted by atomic mass is 10.2. The largest absolute Gasteiger partial charge is 0.343 e. The number of rotatable bonds is 1. The highest BCUT2D eigenvalue weighted by molar-refractivity contribution is 7.71. The average molecular weight is 190 g/mol. The summed E-state index contributed by atoms with van der Waals surface area (Å²) in [5, 5.41) is 0. The predicted octanol–water partition coefficient (Wildman–Crippen LogP) is 1.60. The maximum atomic E-state index is 4.94. The van der Waals surface area contributed by atoms with Gasteiger partial charge < -0.3 is 4.98 Å². The van der Waals surface area contributed by atoms with Gasteiger partial charge in [-0.3, -0.25) is 4.98 Å². The molecule has 0 radical (unpaired) electrons. The number of hydrogen-bond acceptors (Lipinski definition) is 4. The van der Waals surface area contributed by atoms with Gasteiger partial charge in [0, 0.05) is 18.0 Å². The van der Waals surface area contributed by atoms with Crippen LogP contribution in [0, 0.1) is 4.64 Å². The van der Waals surface area contributed by atoms with Crippen LogP contribution >= 0.6 is 12.2 Å². The van der Waals surface area contributed by atoms with E-state index in [1.807, 2.05) is 0 Å². The Labute approximate surface area is 79.7 Å². The molecule has 2 heterocycles. The monoisotopic (exact) mass is 190 g/mol. The molecule has 2 aromatic rings. The van der Waals surface area contributed by atoms with E-state index in [1.165, 1.54) is 6.33 Å². The van der Waals surface area contributed by atoms with Crippen molar-refractivity contribution >= 4 is 12.2 Å². The summed E-state index contributed by atoms with van der Waals surface area (Å²) in [6.07, 6.45) is 8.16. The Kier molecular flexibility index (Phi) is 2.09. The van der Waals surface area contributed by atoms with Gasteiger partial charge in [-0.05, 0) is 0 Å². The highest BCUT2D eigenvalue weighted by Gasteiger charge is 1.96. The zero-order chi connectivity index (χ0) is 9.10. The maximum absolute atomic E-state index is 4.94. The van der Waals surface area contributed by atoms with Crippen molar-refractivity contribution in [3.8, 4) is 11.3 Å². The molecule has 4 nitrogen and oxygen atoms in total. The second kappa shape index (κ2) is 3.40. The summed E-state index contributed by atoms with van der Waals surface area (Å²) in [6, 6.07) is 0. The van der Waals surface area contributed by atoms with Crippen molar-refractivity contribution in [1.82, 2.24) is 19.9 Å². The lowest BCUT2D eigenvalue weighted by molar-refractivity contribution is 1.13. The normalized spacial score (nSPS) is 9.85. The standard InChI is InChI=1S/C8H6N4S/c13-8-4-9-3-7(12-8)6-1-10-5-11-2-6/h1-5H,(H,12,13). The molecule has 0 unspecified atom stereocenters. The van der Waals surface area contributed by atoms with E-state index in [1.54, 1.807) is 24.8 Å². The van der Waals surface area contributed by atoms with Gasteiger partial charge >= 0.3 is 0 Å². The molecule has 64 valence electrons. The van der Waals surface area contributed by atoms with Gasteiger partial charge in [-0.25, -0.2) is 9.97 Å². The minimum Gasteiger partial charge on any atom is -0.343 e. The van der Waals surface area contributed by atoms with Gasteiger partial charge in [0.15, 0.2) is 0 Å². The van der Waals surface area contributed by atoms with Gasteiger partial charge in [0.05, 0.1) is 18.1 Å². The van der Waals surface area contributed by atoms with Crippen LogP contribution in [0.4, 0.5) is 0 Å². The molecule has 0 saturated carbocycles. The second-order valence-corrected chi connectivity index (χ2v) is 2.88. The Hall–Kier alpha value is -1.62. The molecule has 0 atom stereocenters. The molecular formula is C8H6N4S. The van der Waals surface area contributed by atoms with E-state index in [-0.39, 0.29) is 0 Å².